The molecule has 2 saturated carbocycles. The van der Waals surface area contributed by atoms with Crippen molar-refractivity contribution >= 4 is 77.1 Å². The number of rotatable bonds is 29. The number of ether oxygens (including phenoxy) is 5. The highest BCUT2D eigenvalue weighted by atomic mass is 19.1. The molecule has 14 atom stereocenters. The Morgan fingerprint density at radius 2 is 1.48 bits per heavy atom. The summed E-state index contributed by atoms with van der Waals surface area (Å²) in [5.74, 6) is -12.2. The van der Waals surface area contributed by atoms with Gasteiger partial charge in [0.25, 0.3) is 0 Å². The van der Waals surface area contributed by atoms with Gasteiger partial charge >= 0.3 is 30.0 Å². The monoisotopic (exact) mass is 1380 g/mol. The average Bonchev–Trinajstić information content (AvgIpc) is 0.670. The molecule has 3 fully saturated rings. The first kappa shape index (κ1) is 77.1. The zero-order chi connectivity index (χ0) is 73.1. The van der Waals surface area contributed by atoms with Gasteiger partial charge in [-0.2, -0.15) is 0 Å². The molecule has 4 aliphatic rings. The van der Waals surface area contributed by atoms with Crippen molar-refractivity contribution < 1.29 is 106 Å². The highest BCUT2D eigenvalue weighted by Crippen LogP contribution is 2.67. The van der Waals surface area contributed by atoms with E-state index in [4.69, 9.17) is 29.4 Å². The molecular weight excluding hydrogens is 1290 g/mol. The number of carboxylic acid groups (broad SMARTS) is 1. The second kappa shape index (κ2) is 32.2. The summed E-state index contributed by atoms with van der Waals surface area (Å²) in [6.07, 6.45) is -11.7. The summed E-state index contributed by atoms with van der Waals surface area (Å²) in [6, 6.07) is 15.3. The van der Waals surface area contributed by atoms with Gasteiger partial charge in [0.2, 0.25) is 35.6 Å². The largest absolute Gasteiger partial charge is 0.480 e. The fraction of sp³-hybridized carbons (Fsp3) is 0.521. The third kappa shape index (κ3) is 18.2. The van der Waals surface area contributed by atoms with E-state index >= 15 is 9.59 Å². The van der Waals surface area contributed by atoms with Gasteiger partial charge in [-0.05, 0) is 127 Å². The van der Waals surface area contributed by atoms with Gasteiger partial charge in [-0.3, -0.25) is 33.6 Å². The lowest BCUT2D eigenvalue weighted by Crippen LogP contribution is -2.78. The SMILES string of the molecule is CC(=O)C[C@@]12CO[C@@H]1C[C@H](O)[C@@]1(C)C(=O)[C@H](O)C3=C(C)[C@@H](OC(=O)[C@H](OC(=O)CCC(=O)NCCCC[C@H](NC(=O)CC[C@@H](NC(=O)[C@H](C)NC(=O)/C=C/c4cccc(F)c4)C(N)=O)C(=O)O)[C@@H](NC(=O)OC(C)(C)C)c4ccccc4)C[C@@](O)([C@@H](OC(=O)c4ccccc4)[C@H]21)C3(C)C. The molecule has 2 bridgehead atoms. The van der Waals surface area contributed by atoms with Crippen LogP contribution in [-0.4, -0.2) is 171 Å². The summed E-state index contributed by atoms with van der Waals surface area (Å²) < 4.78 is 43.8. The number of nitrogens with one attached hydrogen (secondary N) is 5. The number of esters is 3. The van der Waals surface area contributed by atoms with Crippen LogP contribution in [0.25, 0.3) is 6.08 Å². The smallest absolute Gasteiger partial charge is 0.408 e. The number of aliphatic carboxylic acids is 1. The summed E-state index contributed by atoms with van der Waals surface area (Å²) >= 11 is 0. The van der Waals surface area contributed by atoms with E-state index in [0.29, 0.717) is 5.56 Å². The van der Waals surface area contributed by atoms with Gasteiger partial charge in [0, 0.05) is 61.5 Å². The van der Waals surface area contributed by atoms with Gasteiger partial charge in [-0.25, -0.2) is 23.6 Å². The maximum absolute atomic E-state index is 15.4. The minimum atomic E-state index is -2.46. The number of benzene rings is 3. The Morgan fingerprint density at radius 3 is 2.09 bits per heavy atom. The topological polar surface area (TPSA) is 418 Å². The Kier molecular flexibility index (Phi) is 25.1. The number of halogens is 1. The molecule has 1 heterocycles. The summed E-state index contributed by atoms with van der Waals surface area (Å²) in [5.41, 5.74) is -2.73. The van der Waals surface area contributed by atoms with Crippen LogP contribution in [0.2, 0.25) is 0 Å². The molecule has 3 aliphatic carbocycles. The first-order chi connectivity index (χ1) is 46.4. The fourth-order valence-corrected chi connectivity index (χ4v) is 13.9. The minimum Gasteiger partial charge on any atom is -0.480 e. The third-order valence-corrected chi connectivity index (χ3v) is 19.1. The number of hydrogen-bond donors (Lipinski definition) is 10. The number of alkyl carbamates (subject to hydrolysis) is 1. The second-order valence-electron chi connectivity index (χ2n) is 27.5. The normalized spacial score (nSPS) is 25.3. The number of fused-ring (bicyclic) bond motifs is 5. The van der Waals surface area contributed by atoms with E-state index in [1.807, 2.05) is 0 Å². The zero-order valence-corrected chi connectivity index (χ0v) is 56.8. The van der Waals surface area contributed by atoms with E-state index in [1.54, 1.807) is 63.2 Å². The number of hydrogen-bond acceptors (Lipinski definition) is 20. The van der Waals surface area contributed by atoms with Crippen LogP contribution >= 0.6 is 0 Å². The maximum atomic E-state index is 15.4. The number of nitrogens with two attached hydrogens (primary N) is 1. The van der Waals surface area contributed by atoms with Crippen LogP contribution in [0.5, 0.6) is 0 Å². The number of aliphatic hydroxyl groups excluding tert-OH is 2. The van der Waals surface area contributed by atoms with Gasteiger partial charge in [-0.1, -0.05) is 74.5 Å². The van der Waals surface area contributed by atoms with Crippen molar-refractivity contribution in [1.82, 2.24) is 26.6 Å². The standard InChI is InChI=1S/C71H89FN6O21/c1-38(79)35-70-37-95-49(70)34-48(80)69(9)58(70)60(98-64(91)43-22-14-11-15-23-43)71(94)36-47(39(2)54(68(71,7)8)56(85)59(69)86)96-65(92)57(55(42-20-12-10-13-21-42)78-66(93)99-67(4,5)6)97-53(84)31-30-50(81)74-32-17-16-25-46(63(89)90)76-52(83)29-27-45(61(73)87)77-62(88)40(3)75-51(82)28-26-41-19-18-24-44(72)33-41/h10-15,18-24,26,28,33,40,45-49,55-58,60,80,85,94H,16-17,25,27,29-32,34-37H2,1-9H3,(H2,73,87)(H,74,81)(H,75,82)(H,76,83)(H,77,88)(H,78,93)(H,89,90)/b28-26+/t40-,45+,46-,47-,48-,49+,55-,56+,57+,58-,60-,69+,70+,71+/m0/s1. The number of primary amides is 1. The molecule has 536 valence electrons. The lowest BCUT2D eigenvalue weighted by atomic mass is 9.41. The first-order valence-corrected chi connectivity index (χ1v) is 32.7. The summed E-state index contributed by atoms with van der Waals surface area (Å²) in [7, 11) is 0. The molecule has 0 spiro atoms. The summed E-state index contributed by atoms with van der Waals surface area (Å²) in [4.78, 5) is 162. The highest BCUT2D eigenvalue weighted by Gasteiger charge is 2.76. The number of Topliss-reactive ketones (excluding diaryl/α,β-unsaturated/α-hetero) is 2. The highest BCUT2D eigenvalue weighted by molar-refractivity contribution is 5.97. The molecule has 3 aromatic carbocycles. The van der Waals surface area contributed by atoms with Gasteiger partial charge in [0.15, 0.2) is 5.78 Å². The lowest BCUT2D eigenvalue weighted by molar-refractivity contribution is -0.319. The molecule has 7 rings (SSSR count). The molecule has 27 nitrogen and oxygen atoms in total. The summed E-state index contributed by atoms with van der Waals surface area (Å²) in [6.45, 7) is 13.1. The Morgan fingerprint density at radius 1 is 0.818 bits per heavy atom. The van der Waals surface area contributed by atoms with Crippen molar-refractivity contribution in [3.8, 4) is 0 Å². The molecule has 0 radical (unpaired) electrons. The molecule has 3 aromatic rings. The molecule has 1 aliphatic heterocycles. The second-order valence-corrected chi connectivity index (χ2v) is 27.5. The number of amides is 6. The van der Waals surface area contributed by atoms with Gasteiger partial charge in [0.1, 0.15) is 65.3 Å². The molecule has 99 heavy (non-hydrogen) atoms. The zero-order valence-electron chi connectivity index (χ0n) is 56.8. The molecule has 0 aromatic heterocycles. The molecule has 6 amide bonds. The Labute approximate surface area is 571 Å². The van der Waals surface area contributed by atoms with Gasteiger partial charge in [0.05, 0.1) is 36.2 Å². The molecule has 1 saturated heterocycles. The Hall–Kier alpha value is -9.25. The minimum absolute atomic E-state index is 0.0327. The van der Waals surface area contributed by atoms with Gasteiger partial charge < -0.3 is 81.2 Å². The van der Waals surface area contributed by atoms with Crippen molar-refractivity contribution in [3.05, 3.63) is 125 Å². The predicted molar refractivity (Wildman–Crippen MR) is 350 cm³/mol. The first-order valence-electron chi connectivity index (χ1n) is 32.7. The molecule has 11 N–H and O–H groups in total. The van der Waals surface area contributed by atoms with Crippen LogP contribution in [0, 0.1) is 28.0 Å². The van der Waals surface area contributed by atoms with E-state index in [1.165, 1.54) is 90.1 Å². The fourth-order valence-electron chi connectivity index (χ4n) is 13.9. The molecule has 0 unspecified atom stereocenters. The van der Waals surface area contributed by atoms with E-state index in [2.05, 4.69) is 26.6 Å². The van der Waals surface area contributed by atoms with E-state index in [0.717, 1.165) is 6.08 Å². The lowest BCUT2D eigenvalue weighted by Gasteiger charge is -2.68. The van der Waals surface area contributed by atoms with Crippen molar-refractivity contribution in [3.63, 3.8) is 0 Å². The van der Waals surface area contributed by atoms with Crippen LogP contribution < -0.4 is 32.3 Å². The predicted octanol–water partition coefficient (Wildman–Crippen LogP) is 4.22. The number of carboxylic acids is 1. The van der Waals surface area contributed by atoms with Crippen molar-refractivity contribution in [1.29, 1.82) is 0 Å². The van der Waals surface area contributed by atoms with Crippen molar-refractivity contribution in [2.45, 2.75) is 199 Å². The van der Waals surface area contributed by atoms with Crippen LogP contribution in [0.3, 0.4) is 0 Å². The number of unbranched alkanes of at least 4 members (excludes halogenated alkanes) is 1. The Balaban J connectivity index is 1.04. The van der Waals surface area contributed by atoms with Crippen molar-refractivity contribution in [2.24, 2.45) is 27.9 Å². The van der Waals surface area contributed by atoms with E-state index in [9.17, 15) is 72.8 Å². The number of aliphatic hydroxyl groups is 3. The average molecular weight is 1380 g/mol. The number of carbonyl (C=O) groups is 12. The number of ketones is 2. The van der Waals surface area contributed by atoms with Crippen LogP contribution in [0.1, 0.15) is 154 Å². The number of carbonyl (C=O) groups excluding carboxylic acids is 11. The van der Waals surface area contributed by atoms with Crippen LogP contribution in [-0.2, 0) is 71.6 Å². The van der Waals surface area contributed by atoms with Crippen LogP contribution in [0.15, 0.2) is 102 Å². The summed E-state index contributed by atoms with van der Waals surface area (Å²) in [5, 5.41) is 60.9. The van der Waals surface area contributed by atoms with Crippen molar-refractivity contribution in [2.75, 3.05) is 13.2 Å². The molecular formula is C71H89FN6O21. The maximum Gasteiger partial charge on any atom is 0.408 e. The van der Waals surface area contributed by atoms with Crippen LogP contribution in [0.4, 0.5) is 9.18 Å². The third-order valence-electron chi connectivity index (χ3n) is 19.1. The van der Waals surface area contributed by atoms with E-state index in [-0.39, 0.29) is 79.7 Å². The molecule has 28 heteroatoms. The van der Waals surface area contributed by atoms with Gasteiger partial charge in [-0.15, -0.1) is 0 Å². The Bertz CT molecular complexity index is 3620. The quantitative estimate of drug-likeness (QED) is 0.0153. The van der Waals surface area contributed by atoms with E-state index < -0.39 is 191 Å².